The Bertz CT molecular complexity index is 559. The lowest BCUT2D eigenvalue weighted by molar-refractivity contribution is -0.143. The van der Waals surface area contributed by atoms with Crippen molar-refractivity contribution in [2.45, 2.75) is 19.3 Å². The Kier molecular flexibility index (Phi) is 4.65. The quantitative estimate of drug-likeness (QED) is 0.371. The molecule has 0 unspecified atom stereocenters. The third-order valence-electron chi connectivity index (χ3n) is 2.36. The molecule has 0 aliphatic rings. The van der Waals surface area contributed by atoms with Gasteiger partial charge >= 0.3 is 18.3 Å². The maximum Gasteiger partial charge on any atom is 0.417 e. The summed E-state index contributed by atoms with van der Waals surface area (Å²) in [6, 6.07) is 0.388. The standard InChI is InChI=1S/C12H8F6O3/c1-2-21-10(20)9(19)7-4-3-6(11(13,14)15)5-8(7)12(16,17)18/h3-5H,2H2,1H3. The van der Waals surface area contributed by atoms with Gasteiger partial charge in [-0.2, -0.15) is 26.3 Å². The van der Waals surface area contributed by atoms with Crippen molar-refractivity contribution in [3.63, 3.8) is 0 Å². The van der Waals surface area contributed by atoms with Gasteiger partial charge in [0.05, 0.1) is 17.7 Å². The molecule has 9 heteroatoms. The summed E-state index contributed by atoms with van der Waals surface area (Å²) in [5, 5.41) is 0. The van der Waals surface area contributed by atoms with Gasteiger partial charge in [0.25, 0.3) is 5.78 Å². The van der Waals surface area contributed by atoms with Crippen LogP contribution in [0.3, 0.4) is 0 Å². The normalized spacial score (nSPS) is 12.1. The van der Waals surface area contributed by atoms with E-state index in [1.165, 1.54) is 6.92 Å². The fraction of sp³-hybridized carbons (Fsp3) is 0.333. The van der Waals surface area contributed by atoms with Crippen LogP contribution in [0.5, 0.6) is 0 Å². The molecule has 0 heterocycles. The topological polar surface area (TPSA) is 43.4 Å². The van der Waals surface area contributed by atoms with Crippen molar-refractivity contribution in [3.05, 3.63) is 34.9 Å². The fourth-order valence-electron chi connectivity index (χ4n) is 1.46. The van der Waals surface area contributed by atoms with E-state index in [9.17, 15) is 35.9 Å². The summed E-state index contributed by atoms with van der Waals surface area (Å²) in [5.74, 6) is -3.22. The maximum absolute atomic E-state index is 12.8. The van der Waals surface area contributed by atoms with Gasteiger partial charge in [-0.1, -0.05) is 0 Å². The van der Waals surface area contributed by atoms with E-state index in [2.05, 4.69) is 4.74 Å². The third kappa shape index (κ3) is 3.96. The van der Waals surface area contributed by atoms with Gasteiger partial charge in [0.2, 0.25) is 0 Å². The summed E-state index contributed by atoms with van der Waals surface area (Å²) in [6.45, 7) is 1.06. The lowest BCUT2D eigenvalue weighted by atomic mass is 10.00. The first-order valence-electron chi connectivity index (χ1n) is 5.48. The molecule has 1 rings (SSSR count). The van der Waals surface area contributed by atoms with Crippen LogP contribution in [-0.2, 0) is 21.9 Å². The van der Waals surface area contributed by atoms with Gasteiger partial charge < -0.3 is 4.74 Å². The number of carbonyl (C=O) groups excluding carboxylic acids is 2. The number of esters is 1. The predicted molar refractivity (Wildman–Crippen MR) is 57.4 cm³/mol. The second-order valence-electron chi connectivity index (χ2n) is 3.81. The van der Waals surface area contributed by atoms with Crippen molar-refractivity contribution < 1.29 is 40.7 Å². The van der Waals surface area contributed by atoms with Crippen LogP contribution in [-0.4, -0.2) is 18.4 Å². The fourth-order valence-corrected chi connectivity index (χ4v) is 1.46. The monoisotopic (exact) mass is 314 g/mol. The van der Waals surface area contributed by atoms with Crippen molar-refractivity contribution in [3.8, 4) is 0 Å². The highest BCUT2D eigenvalue weighted by Crippen LogP contribution is 2.37. The summed E-state index contributed by atoms with van der Waals surface area (Å²) in [7, 11) is 0. The molecule has 1 aromatic rings. The van der Waals surface area contributed by atoms with Crippen LogP contribution in [0.1, 0.15) is 28.4 Å². The van der Waals surface area contributed by atoms with Crippen LogP contribution in [0.25, 0.3) is 0 Å². The molecule has 0 atom stereocenters. The molecular formula is C12H8F6O3. The zero-order valence-electron chi connectivity index (χ0n) is 10.4. The van der Waals surface area contributed by atoms with Gasteiger partial charge in [-0.15, -0.1) is 0 Å². The van der Waals surface area contributed by atoms with E-state index in [4.69, 9.17) is 0 Å². The highest BCUT2D eigenvalue weighted by molar-refractivity contribution is 6.41. The molecule has 0 bridgehead atoms. The Morgan fingerprint density at radius 1 is 1.05 bits per heavy atom. The van der Waals surface area contributed by atoms with Gasteiger partial charge in [-0.05, 0) is 25.1 Å². The van der Waals surface area contributed by atoms with Gasteiger partial charge in [0.15, 0.2) is 0 Å². The average molecular weight is 314 g/mol. The van der Waals surface area contributed by atoms with Crippen LogP contribution < -0.4 is 0 Å². The summed E-state index contributed by atoms with van der Waals surface area (Å²) in [4.78, 5) is 22.7. The second-order valence-corrected chi connectivity index (χ2v) is 3.81. The molecule has 0 spiro atoms. The van der Waals surface area contributed by atoms with Gasteiger partial charge in [-0.3, -0.25) is 4.79 Å². The SMILES string of the molecule is CCOC(=O)C(=O)c1ccc(C(F)(F)F)cc1C(F)(F)F. The van der Waals surface area contributed by atoms with Crippen molar-refractivity contribution in [2.75, 3.05) is 6.61 Å². The molecule has 0 aliphatic heterocycles. The minimum atomic E-state index is -5.22. The third-order valence-corrected chi connectivity index (χ3v) is 2.36. The van der Waals surface area contributed by atoms with Crippen molar-refractivity contribution >= 4 is 11.8 Å². The van der Waals surface area contributed by atoms with Gasteiger partial charge in [0.1, 0.15) is 0 Å². The van der Waals surface area contributed by atoms with Crippen molar-refractivity contribution in [2.24, 2.45) is 0 Å². The molecule has 0 saturated carbocycles. The second kappa shape index (κ2) is 5.74. The molecule has 21 heavy (non-hydrogen) atoms. The number of Topliss-reactive ketones (excluding diaryl/α,β-unsaturated/α-hetero) is 1. The Labute approximate surface area is 114 Å². The molecule has 0 amide bonds. The summed E-state index contributed by atoms with van der Waals surface area (Å²) in [5.41, 5.74) is -4.60. The molecule has 0 aromatic heterocycles. The first-order chi connectivity index (χ1) is 9.48. The van der Waals surface area contributed by atoms with Crippen LogP contribution in [0.4, 0.5) is 26.3 Å². The van der Waals surface area contributed by atoms with Gasteiger partial charge in [0, 0.05) is 5.56 Å². The number of ketones is 1. The summed E-state index contributed by atoms with van der Waals surface area (Å²) >= 11 is 0. The van der Waals surface area contributed by atoms with Crippen molar-refractivity contribution in [1.82, 2.24) is 0 Å². The molecule has 3 nitrogen and oxygen atoms in total. The lowest BCUT2D eigenvalue weighted by Gasteiger charge is -2.14. The molecule has 0 radical (unpaired) electrons. The number of halogens is 6. The first kappa shape index (κ1) is 17.0. The van der Waals surface area contributed by atoms with E-state index < -0.39 is 40.8 Å². The zero-order chi connectivity index (χ0) is 16.4. The van der Waals surface area contributed by atoms with E-state index in [-0.39, 0.29) is 12.7 Å². The Balaban J connectivity index is 3.40. The molecule has 116 valence electrons. The van der Waals surface area contributed by atoms with Crippen molar-refractivity contribution in [1.29, 1.82) is 0 Å². The summed E-state index contributed by atoms with van der Waals surface area (Å²) in [6.07, 6.45) is -10.2. The first-order valence-corrected chi connectivity index (χ1v) is 5.48. The number of rotatable bonds is 3. The number of carbonyl (C=O) groups is 2. The summed E-state index contributed by atoms with van der Waals surface area (Å²) < 4.78 is 79.8. The van der Waals surface area contributed by atoms with E-state index >= 15 is 0 Å². The number of ether oxygens (including phenoxy) is 1. The Hall–Kier alpha value is -2.06. The average Bonchev–Trinajstić information content (AvgIpc) is 2.35. The lowest BCUT2D eigenvalue weighted by Crippen LogP contribution is -2.22. The minimum absolute atomic E-state index is 0.216. The molecule has 1 aromatic carbocycles. The number of hydrogen-bond acceptors (Lipinski definition) is 3. The molecule has 0 saturated heterocycles. The zero-order valence-corrected chi connectivity index (χ0v) is 10.4. The molecule has 0 N–H and O–H groups in total. The minimum Gasteiger partial charge on any atom is -0.460 e. The van der Waals surface area contributed by atoms with Crippen LogP contribution in [0.15, 0.2) is 18.2 Å². The molecule has 0 aliphatic carbocycles. The smallest absolute Gasteiger partial charge is 0.417 e. The highest BCUT2D eigenvalue weighted by Gasteiger charge is 2.40. The van der Waals surface area contributed by atoms with E-state index in [0.717, 1.165) is 0 Å². The maximum atomic E-state index is 12.8. The van der Waals surface area contributed by atoms with Gasteiger partial charge in [-0.25, -0.2) is 4.79 Å². The van der Waals surface area contributed by atoms with E-state index in [1.807, 2.05) is 0 Å². The van der Waals surface area contributed by atoms with Crippen LogP contribution in [0, 0.1) is 0 Å². The van der Waals surface area contributed by atoms with E-state index in [0.29, 0.717) is 12.1 Å². The Morgan fingerprint density at radius 3 is 2.05 bits per heavy atom. The number of hydrogen-bond donors (Lipinski definition) is 0. The van der Waals surface area contributed by atoms with Crippen LogP contribution in [0.2, 0.25) is 0 Å². The number of benzene rings is 1. The molecule has 0 fully saturated rings. The highest BCUT2D eigenvalue weighted by atomic mass is 19.4. The Morgan fingerprint density at radius 2 is 1.62 bits per heavy atom. The van der Waals surface area contributed by atoms with Crippen LogP contribution >= 0.6 is 0 Å². The predicted octanol–water partition coefficient (Wildman–Crippen LogP) is 3.47. The van der Waals surface area contributed by atoms with E-state index in [1.54, 1.807) is 0 Å². The molecular weight excluding hydrogens is 306 g/mol. The largest absolute Gasteiger partial charge is 0.460 e. The number of alkyl halides is 6.